The number of allylic oxidation sites excluding steroid dienone is 1. The second-order valence-corrected chi connectivity index (χ2v) is 13.7. The average molecular weight is 521 g/mol. The molecule has 0 saturated heterocycles. The zero-order valence-electron chi connectivity index (χ0n) is 22.4. The number of rotatable bonds is 8. The molecule has 0 aromatic rings. The number of fused-ring (bicyclic) bond motifs is 5. The summed E-state index contributed by atoms with van der Waals surface area (Å²) in [4.78, 5) is 0. The zero-order chi connectivity index (χ0) is 24.9. The molecule has 3 saturated carbocycles. The van der Waals surface area contributed by atoms with Crippen LogP contribution in [0.15, 0.2) is 11.6 Å². The molecule has 0 spiro atoms. The van der Waals surface area contributed by atoms with Crippen molar-refractivity contribution in [1.82, 2.24) is 0 Å². The van der Waals surface area contributed by atoms with Gasteiger partial charge < -0.3 is 14.8 Å². The first-order valence-electron chi connectivity index (χ1n) is 13.5. The number of aliphatic hydroxyl groups excluding tert-OH is 2. The number of aliphatic hydroxyl groups is 2. The van der Waals surface area contributed by atoms with E-state index in [1.54, 1.807) is 0 Å². The Morgan fingerprint density at radius 2 is 1.83 bits per heavy atom. The Morgan fingerprint density at radius 1 is 1.11 bits per heavy atom. The van der Waals surface area contributed by atoms with Crippen molar-refractivity contribution in [1.29, 1.82) is 0 Å². The van der Waals surface area contributed by atoms with E-state index in [-0.39, 0.29) is 47.0 Å². The topological polar surface area (TPSA) is 107 Å². The minimum atomic E-state index is -4.84. The van der Waals surface area contributed by atoms with Gasteiger partial charge in [0.25, 0.3) is 0 Å². The minimum absolute atomic E-state index is 0. The monoisotopic (exact) mass is 520 g/mol. The maximum atomic E-state index is 11.2. The maximum absolute atomic E-state index is 11.2. The van der Waals surface area contributed by atoms with Gasteiger partial charge in [-0.2, -0.15) is 0 Å². The van der Waals surface area contributed by atoms with Crippen LogP contribution in [0.4, 0.5) is 0 Å². The molecule has 0 heterocycles. The van der Waals surface area contributed by atoms with E-state index in [2.05, 4.69) is 33.8 Å². The molecule has 0 aromatic heterocycles. The summed E-state index contributed by atoms with van der Waals surface area (Å²) >= 11 is 0. The van der Waals surface area contributed by atoms with Crippen molar-refractivity contribution in [3.63, 3.8) is 0 Å². The fraction of sp³-hybridized carbons (Fsp3) is 0.926. The van der Waals surface area contributed by atoms with Crippen LogP contribution >= 0.6 is 0 Å². The summed E-state index contributed by atoms with van der Waals surface area (Å²) in [7, 11) is -4.84. The molecule has 4 rings (SSSR count). The molecule has 0 radical (unpaired) electrons. The molecule has 196 valence electrons. The van der Waals surface area contributed by atoms with Crippen LogP contribution in [-0.2, 0) is 14.6 Å². The van der Waals surface area contributed by atoms with Crippen molar-refractivity contribution >= 4 is 10.4 Å². The van der Waals surface area contributed by atoms with Gasteiger partial charge in [-0.25, -0.2) is 8.42 Å². The largest absolute Gasteiger partial charge is 1.00 e. The fourth-order valence-electron chi connectivity index (χ4n) is 8.98. The second kappa shape index (κ2) is 11.3. The predicted molar refractivity (Wildman–Crippen MR) is 130 cm³/mol. The fourth-order valence-corrected chi connectivity index (χ4v) is 9.49. The first kappa shape index (κ1) is 30.1. The van der Waals surface area contributed by atoms with E-state index >= 15 is 0 Å². The van der Waals surface area contributed by atoms with E-state index in [4.69, 9.17) is 4.18 Å². The number of hydrogen-bond acceptors (Lipinski definition) is 6. The van der Waals surface area contributed by atoms with Crippen molar-refractivity contribution in [2.75, 3.05) is 6.61 Å². The first-order chi connectivity index (χ1) is 15.9. The van der Waals surface area contributed by atoms with E-state index in [1.807, 2.05) is 0 Å². The molecule has 0 bridgehead atoms. The van der Waals surface area contributed by atoms with Crippen LogP contribution < -0.4 is 29.6 Å². The number of hydrogen-bond donors (Lipinski definition) is 2. The van der Waals surface area contributed by atoms with E-state index in [9.17, 15) is 23.2 Å². The van der Waals surface area contributed by atoms with Gasteiger partial charge in [0.1, 0.15) is 12.2 Å². The van der Waals surface area contributed by atoms with E-state index in [0.717, 1.165) is 37.7 Å². The summed E-state index contributed by atoms with van der Waals surface area (Å²) < 4.78 is 38.2. The minimum Gasteiger partial charge on any atom is -0.726 e. The molecule has 8 heteroatoms. The Bertz CT molecular complexity index is 875. The van der Waals surface area contributed by atoms with Crippen molar-refractivity contribution in [2.45, 2.75) is 104 Å². The Hall–Kier alpha value is 0.530. The molecule has 0 aromatic carbocycles. The first-order valence-corrected chi connectivity index (χ1v) is 14.9. The third kappa shape index (κ3) is 5.78. The molecule has 3 fully saturated rings. The van der Waals surface area contributed by atoms with Gasteiger partial charge in [0.15, 0.2) is 0 Å². The average Bonchev–Trinajstić information content (AvgIpc) is 3.09. The van der Waals surface area contributed by atoms with Crippen molar-refractivity contribution in [3.05, 3.63) is 11.6 Å². The van der Waals surface area contributed by atoms with E-state index in [1.165, 1.54) is 25.7 Å². The molecule has 0 amide bonds. The molecule has 4 aliphatic carbocycles. The summed E-state index contributed by atoms with van der Waals surface area (Å²) in [5.74, 6) is 3.30. The Labute approximate surface area is 234 Å². The molecule has 4 aliphatic rings. The second-order valence-electron chi connectivity index (χ2n) is 12.7. The molecule has 35 heavy (non-hydrogen) atoms. The predicted octanol–water partition coefficient (Wildman–Crippen LogP) is 1.82. The molecular weight excluding hydrogens is 475 g/mol. The standard InChI is InChI=1S/C27H46O6S.Na/c1-17(2)6-5-7-18(16-28)20-10-11-21-19-8-9-23-25(29)24(33-34(30,31)32)13-15-27(23,4)22(19)12-14-26(20,21)3;/h9,17-22,24-25,28-29H,5-8,10-16H2,1-4H3,(H,30,31,32);/q;+1/p-1. The van der Waals surface area contributed by atoms with Crippen LogP contribution in [0.3, 0.4) is 0 Å². The Balaban J connectivity index is 0.00000342. The molecule has 6 nitrogen and oxygen atoms in total. The van der Waals surface area contributed by atoms with Gasteiger partial charge in [0.05, 0.1) is 0 Å². The summed E-state index contributed by atoms with van der Waals surface area (Å²) in [6.45, 7) is 9.54. The van der Waals surface area contributed by atoms with Crippen molar-refractivity contribution in [2.24, 2.45) is 46.3 Å². The summed E-state index contributed by atoms with van der Waals surface area (Å²) in [5, 5.41) is 21.3. The van der Waals surface area contributed by atoms with Gasteiger partial charge in [0, 0.05) is 6.61 Å². The van der Waals surface area contributed by atoms with Crippen LogP contribution in [-0.4, -0.2) is 42.0 Å². The summed E-state index contributed by atoms with van der Waals surface area (Å²) in [6.07, 6.45) is 10.3. The molecule has 2 N–H and O–H groups in total. The van der Waals surface area contributed by atoms with Crippen molar-refractivity contribution < 1.29 is 56.9 Å². The third-order valence-electron chi connectivity index (χ3n) is 10.6. The van der Waals surface area contributed by atoms with E-state index < -0.39 is 22.6 Å². The van der Waals surface area contributed by atoms with Gasteiger partial charge in [-0.15, -0.1) is 0 Å². The SMILES string of the molecule is CC(C)CCCC(CO)C1CCC2C3CC=C4C(O)C(OS(=O)(=O)[O-])CCC4(C)C3CCC12C.[Na+]. The normalized spacial score (nSPS) is 41.9. The van der Waals surface area contributed by atoms with Crippen LogP contribution in [0.5, 0.6) is 0 Å². The molecule has 0 aliphatic heterocycles. The van der Waals surface area contributed by atoms with Crippen LogP contribution in [0.1, 0.15) is 91.9 Å². The van der Waals surface area contributed by atoms with Gasteiger partial charge in [-0.1, -0.05) is 46.6 Å². The summed E-state index contributed by atoms with van der Waals surface area (Å²) in [5.41, 5.74) is 0.958. The van der Waals surface area contributed by atoms with E-state index in [0.29, 0.717) is 41.9 Å². The molecular formula is C27H45NaO6S. The molecule has 9 unspecified atom stereocenters. The van der Waals surface area contributed by atoms with Gasteiger partial charge in [0.2, 0.25) is 10.4 Å². The quantitative estimate of drug-likeness (QED) is 0.219. The van der Waals surface area contributed by atoms with Crippen LogP contribution in [0.25, 0.3) is 0 Å². The van der Waals surface area contributed by atoms with Gasteiger partial charge in [-0.3, -0.25) is 4.18 Å². The zero-order valence-corrected chi connectivity index (χ0v) is 25.2. The Kier molecular flexibility index (Phi) is 9.74. The Morgan fingerprint density at radius 3 is 2.46 bits per heavy atom. The van der Waals surface area contributed by atoms with Gasteiger partial charge in [-0.05, 0) is 103 Å². The van der Waals surface area contributed by atoms with Crippen LogP contribution in [0.2, 0.25) is 0 Å². The molecule has 9 atom stereocenters. The smallest absolute Gasteiger partial charge is 0.726 e. The van der Waals surface area contributed by atoms with Gasteiger partial charge >= 0.3 is 29.6 Å². The van der Waals surface area contributed by atoms with Crippen molar-refractivity contribution in [3.8, 4) is 0 Å². The van der Waals surface area contributed by atoms with Crippen LogP contribution in [0, 0.1) is 46.3 Å². The summed E-state index contributed by atoms with van der Waals surface area (Å²) in [6, 6.07) is 0. The maximum Gasteiger partial charge on any atom is 1.00 e. The third-order valence-corrected chi connectivity index (χ3v) is 11.1.